The lowest BCUT2D eigenvalue weighted by Crippen LogP contribution is -2.04. The van der Waals surface area contributed by atoms with Gasteiger partial charge in [-0.3, -0.25) is 0 Å². The Morgan fingerprint density at radius 1 is 1.60 bits per heavy atom. The van der Waals surface area contributed by atoms with Crippen molar-refractivity contribution >= 4 is 0 Å². The van der Waals surface area contributed by atoms with Gasteiger partial charge in [-0.1, -0.05) is 18.2 Å². The molecule has 1 aliphatic carbocycles. The van der Waals surface area contributed by atoms with Crippen LogP contribution in [0.15, 0.2) is 18.2 Å². The van der Waals surface area contributed by atoms with Crippen LogP contribution in [-0.2, 0) is 6.42 Å². The highest BCUT2D eigenvalue weighted by molar-refractivity contribution is 5.32. The quantitative estimate of drug-likeness (QED) is 0.567. The number of nitrogens with two attached hydrogens (primary N) is 1. The number of rotatable bonds is 0. The first-order valence-corrected chi connectivity index (χ1v) is 3.63. The Bertz CT molecular complexity index is 242. The van der Waals surface area contributed by atoms with Crippen molar-refractivity contribution in [3.63, 3.8) is 0 Å². The van der Waals surface area contributed by atoms with Crippen molar-refractivity contribution < 1.29 is 0 Å². The molecule has 2 N–H and O–H groups in total. The van der Waals surface area contributed by atoms with Crippen LogP contribution >= 0.6 is 0 Å². The molecule has 1 nitrogen and oxygen atoms in total. The van der Waals surface area contributed by atoms with E-state index in [2.05, 4.69) is 12.1 Å². The van der Waals surface area contributed by atoms with E-state index < -0.39 is 0 Å². The zero-order valence-corrected chi connectivity index (χ0v) is 5.80. The minimum atomic E-state index is 0.271. The van der Waals surface area contributed by atoms with Crippen molar-refractivity contribution in [1.29, 1.82) is 0 Å². The SMILES string of the molecule is N[C@H]1CCc2[c]cccc21. The Morgan fingerprint density at radius 2 is 2.50 bits per heavy atom. The van der Waals surface area contributed by atoms with Crippen LogP contribution in [0.4, 0.5) is 0 Å². The Kier molecular flexibility index (Phi) is 1.24. The van der Waals surface area contributed by atoms with Crippen LogP contribution in [0, 0.1) is 6.07 Å². The van der Waals surface area contributed by atoms with Crippen molar-refractivity contribution in [2.45, 2.75) is 18.9 Å². The molecule has 0 spiro atoms. The maximum atomic E-state index is 5.83. The van der Waals surface area contributed by atoms with Gasteiger partial charge in [0.15, 0.2) is 0 Å². The molecular formula is C9H10N. The van der Waals surface area contributed by atoms with E-state index in [1.807, 2.05) is 12.1 Å². The van der Waals surface area contributed by atoms with Gasteiger partial charge in [-0.15, -0.1) is 0 Å². The van der Waals surface area contributed by atoms with Gasteiger partial charge >= 0.3 is 0 Å². The van der Waals surface area contributed by atoms with E-state index in [1.54, 1.807) is 0 Å². The molecule has 1 radical (unpaired) electrons. The van der Waals surface area contributed by atoms with Gasteiger partial charge in [0, 0.05) is 6.04 Å². The molecule has 0 heterocycles. The van der Waals surface area contributed by atoms with E-state index in [4.69, 9.17) is 5.73 Å². The van der Waals surface area contributed by atoms with E-state index in [1.165, 1.54) is 11.1 Å². The molecular weight excluding hydrogens is 122 g/mol. The van der Waals surface area contributed by atoms with E-state index in [0.29, 0.717) is 0 Å². The van der Waals surface area contributed by atoms with Crippen LogP contribution in [0.3, 0.4) is 0 Å². The van der Waals surface area contributed by atoms with Crippen LogP contribution in [0.1, 0.15) is 23.6 Å². The van der Waals surface area contributed by atoms with Gasteiger partial charge in [0.05, 0.1) is 0 Å². The summed E-state index contributed by atoms with van der Waals surface area (Å²) in [5.41, 5.74) is 8.44. The second-order valence-corrected chi connectivity index (χ2v) is 2.75. The van der Waals surface area contributed by atoms with Gasteiger partial charge in [-0.25, -0.2) is 0 Å². The maximum absolute atomic E-state index is 5.83. The summed E-state index contributed by atoms with van der Waals surface area (Å²) in [5, 5.41) is 0. The number of aryl methyl sites for hydroxylation is 1. The van der Waals surface area contributed by atoms with E-state index in [0.717, 1.165) is 12.8 Å². The molecule has 0 bridgehead atoms. The van der Waals surface area contributed by atoms with Gasteiger partial charge in [0.25, 0.3) is 0 Å². The molecule has 0 saturated carbocycles. The van der Waals surface area contributed by atoms with Crippen molar-refractivity contribution in [3.8, 4) is 0 Å². The zero-order valence-electron chi connectivity index (χ0n) is 5.80. The number of hydrogen-bond donors (Lipinski definition) is 1. The second-order valence-electron chi connectivity index (χ2n) is 2.75. The topological polar surface area (TPSA) is 26.0 Å². The lowest BCUT2D eigenvalue weighted by molar-refractivity contribution is 0.713. The van der Waals surface area contributed by atoms with Crippen molar-refractivity contribution in [2.75, 3.05) is 0 Å². The van der Waals surface area contributed by atoms with E-state index in [9.17, 15) is 0 Å². The summed E-state index contributed by atoms with van der Waals surface area (Å²) in [6.45, 7) is 0. The molecule has 0 saturated heterocycles. The first-order chi connectivity index (χ1) is 4.88. The molecule has 10 heavy (non-hydrogen) atoms. The highest BCUT2D eigenvalue weighted by Crippen LogP contribution is 2.27. The van der Waals surface area contributed by atoms with Crippen LogP contribution in [0.25, 0.3) is 0 Å². The maximum Gasteiger partial charge on any atom is 0.0300 e. The molecule has 1 atom stereocenters. The third-order valence-electron chi connectivity index (χ3n) is 2.08. The molecule has 2 rings (SSSR count). The highest BCUT2D eigenvalue weighted by atomic mass is 14.6. The standard InChI is InChI=1S/C9H10N/c10-9-6-5-7-3-1-2-4-8(7)9/h1-2,4,9H,5-6,10H2/t9-/m0/s1. The monoisotopic (exact) mass is 132 g/mol. The third-order valence-corrected chi connectivity index (χ3v) is 2.08. The highest BCUT2D eigenvalue weighted by Gasteiger charge is 2.17. The van der Waals surface area contributed by atoms with E-state index >= 15 is 0 Å². The third kappa shape index (κ3) is 0.745. The fourth-order valence-corrected chi connectivity index (χ4v) is 1.50. The van der Waals surface area contributed by atoms with Crippen LogP contribution < -0.4 is 5.73 Å². The minimum absolute atomic E-state index is 0.271. The van der Waals surface area contributed by atoms with Crippen molar-refractivity contribution in [2.24, 2.45) is 5.73 Å². The van der Waals surface area contributed by atoms with Crippen LogP contribution in [0.2, 0.25) is 0 Å². The average Bonchev–Trinajstić information content (AvgIpc) is 2.34. The van der Waals surface area contributed by atoms with Gasteiger partial charge in [0.2, 0.25) is 0 Å². The summed E-state index contributed by atoms with van der Waals surface area (Å²) >= 11 is 0. The summed E-state index contributed by atoms with van der Waals surface area (Å²) in [6, 6.07) is 9.53. The Balaban J connectivity index is 2.51. The number of fused-ring (bicyclic) bond motifs is 1. The molecule has 0 unspecified atom stereocenters. The predicted octanol–water partition coefficient (Wildman–Crippen LogP) is 1.43. The fourth-order valence-electron chi connectivity index (χ4n) is 1.50. The lowest BCUT2D eigenvalue weighted by Gasteiger charge is -2.01. The predicted molar refractivity (Wildman–Crippen MR) is 40.5 cm³/mol. The molecule has 0 amide bonds. The summed E-state index contributed by atoms with van der Waals surface area (Å²) in [7, 11) is 0. The number of benzene rings is 1. The van der Waals surface area contributed by atoms with Crippen molar-refractivity contribution in [3.05, 3.63) is 35.4 Å². The van der Waals surface area contributed by atoms with Gasteiger partial charge in [-0.2, -0.15) is 0 Å². The average molecular weight is 132 g/mol. The van der Waals surface area contributed by atoms with Gasteiger partial charge < -0.3 is 5.73 Å². The molecule has 1 aromatic carbocycles. The summed E-state index contributed by atoms with van der Waals surface area (Å²) in [5.74, 6) is 0. The molecule has 1 aliphatic rings. The molecule has 0 aliphatic heterocycles. The summed E-state index contributed by atoms with van der Waals surface area (Å²) in [6.07, 6.45) is 2.20. The van der Waals surface area contributed by atoms with Gasteiger partial charge in [-0.05, 0) is 30.0 Å². The molecule has 0 fully saturated rings. The minimum Gasteiger partial charge on any atom is -0.324 e. The van der Waals surface area contributed by atoms with Gasteiger partial charge in [0.1, 0.15) is 0 Å². The second kappa shape index (κ2) is 2.10. The molecule has 1 heteroatoms. The van der Waals surface area contributed by atoms with E-state index in [-0.39, 0.29) is 6.04 Å². The molecule has 51 valence electrons. The first kappa shape index (κ1) is 5.93. The summed E-state index contributed by atoms with van der Waals surface area (Å²) in [4.78, 5) is 0. The Hall–Kier alpha value is -0.820. The fraction of sp³-hybridized carbons (Fsp3) is 0.333. The molecule has 0 aromatic heterocycles. The largest absolute Gasteiger partial charge is 0.324 e. The summed E-state index contributed by atoms with van der Waals surface area (Å²) < 4.78 is 0. The number of hydrogen-bond acceptors (Lipinski definition) is 1. The Morgan fingerprint density at radius 3 is 3.30 bits per heavy atom. The normalized spacial score (nSPS) is 22.7. The smallest absolute Gasteiger partial charge is 0.0300 e. The first-order valence-electron chi connectivity index (χ1n) is 3.63. The van der Waals surface area contributed by atoms with Crippen molar-refractivity contribution in [1.82, 2.24) is 0 Å². The Labute approximate surface area is 60.9 Å². The zero-order chi connectivity index (χ0) is 6.97. The molecule has 1 aromatic rings. The van der Waals surface area contributed by atoms with Crippen LogP contribution in [0.5, 0.6) is 0 Å². The lowest BCUT2D eigenvalue weighted by atomic mass is 10.1. The van der Waals surface area contributed by atoms with Crippen LogP contribution in [-0.4, -0.2) is 0 Å².